The van der Waals surface area contributed by atoms with Crippen molar-refractivity contribution in [2.75, 3.05) is 5.73 Å². The van der Waals surface area contributed by atoms with Gasteiger partial charge in [-0.1, -0.05) is 36.4 Å². The van der Waals surface area contributed by atoms with Crippen molar-refractivity contribution in [3.63, 3.8) is 0 Å². The summed E-state index contributed by atoms with van der Waals surface area (Å²) in [5.74, 6) is -0.387. The van der Waals surface area contributed by atoms with E-state index in [4.69, 9.17) is 5.73 Å². The van der Waals surface area contributed by atoms with E-state index in [1.807, 2.05) is 30.3 Å². The average molecular weight is 253 g/mol. The van der Waals surface area contributed by atoms with Gasteiger partial charge in [-0.2, -0.15) is 0 Å². The first-order chi connectivity index (χ1) is 8.46. The van der Waals surface area contributed by atoms with Crippen LogP contribution in [0.5, 0.6) is 5.75 Å². The largest absolute Gasteiger partial charge is 0.573 e. The monoisotopic (exact) mass is 253 g/mol. The summed E-state index contributed by atoms with van der Waals surface area (Å²) in [6.07, 6.45) is -4.73. The van der Waals surface area contributed by atoms with Crippen LogP contribution in [-0.2, 0) is 0 Å². The summed E-state index contributed by atoms with van der Waals surface area (Å²) in [6, 6.07) is 13.4. The Morgan fingerprint density at radius 3 is 2.11 bits per heavy atom. The number of hydrogen-bond acceptors (Lipinski definition) is 2. The van der Waals surface area contributed by atoms with Gasteiger partial charge in [-0.15, -0.1) is 13.2 Å². The minimum Gasteiger partial charge on any atom is -0.404 e. The van der Waals surface area contributed by atoms with Gasteiger partial charge in [0.1, 0.15) is 0 Å². The molecule has 94 valence electrons. The fraction of sp³-hybridized carbons (Fsp3) is 0.0769. The van der Waals surface area contributed by atoms with Crippen LogP contribution in [0.3, 0.4) is 0 Å². The summed E-state index contributed by atoms with van der Waals surface area (Å²) in [6.45, 7) is 0. The van der Waals surface area contributed by atoms with Crippen LogP contribution in [0.4, 0.5) is 18.9 Å². The summed E-state index contributed by atoms with van der Waals surface area (Å²) in [5, 5.41) is 0. The van der Waals surface area contributed by atoms with E-state index in [2.05, 4.69) is 4.74 Å². The molecule has 0 aromatic heterocycles. The van der Waals surface area contributed by atoms with Gasteiger partial charge in [-0.3, -0.25) is 0 Å². The maximum absolute atomic E-state index is 12.1. The molecule has 0 aliphatic heterocycles. The van der Waals surface area contributed by atoms with Crippen LogP contribution < -0.4 is 10.5 Å². The van der Waals surface area contributed by atoms with Crippen molar-refractivity contribution in [3.05, 3.63) is 48.5 Å². The van der Waals surface area contributed by atoms with Crippen molar-refractivity contribution in [2.24, 2.45) is 0 Å². The van der Waals surface area contributed by atoms with E-state index in [-0.39, 0.29) is 11.4 Å². The van der Waals surface area contributed by atoms with Crippen LogP contribution in [0.25, 0.3) is 11.1 Å². The van der Waals surface area contributed by atoms with Crippen LogP contribution in [0.2, 0.25) is 0 Å². The number of benzene rings is 2. The van der Waals surface area contributed by atoms with Gasteiger partial charge in [0.2, 0.25) is 0 Å². The Bertz CT molecular complexity index is 538. The molecule has 2 rings (SSSR count). The standard InChI is InChI=1S/C13H10F3NO/c14-13(15,16)18-12-7-6-10(8-11(12)17)9-4-2-1-3-5-9/h1-8H,17H2. The fourth-order valence-electron chi connectivity index (χ4n) is 1.58. The molecule has 0 unspecified atom stereocenters. The third-order valence-electron chi connectivity index (χ3n) is 2.34. The lowest BCUT2D eigenvalue weighted by molar-refractivity contribution is -0.274. The Hall–Kier alpha value is -2.17. The topological polar surface area (TPSA) is 35.2 Å². The van der Waals surface area contributed by atoms with Crippen molar-refractivity contribution in [1.29, 1.82) is 0 Å². The summed E-state index contributed by atoms with van der Waals surface area (Å²) >= 11 is 0. The van der Waals surface area contributed by atoms with E-state index >= 15 is 0 Å². The molecule has 0 radical (unpaired) electrons. The van der Waals surface area contributed by atoms with Gasteiger partial charge in [0, 0.05) is 0 Å². The maximum atomic E-state index is 12.1. The number of halogens is 3. The number of anilines is 1. The summed E-state index contributed by atoms with van der Waals surface area (Å²) in [7, 11) is 0. The van der Waals surface area contributed by atoms with E-state index < -0.39 is 6.36 Å². The minimum atomic E-state index is -4.73. The average Bonchev–Trinajstić information content (AvgIpc) is 2.31. The number of hydrogen-bond donors (Lipinski definition) is 1. The van der Waals surface area contributed by atoms with Gasteiger partial charge in [-0.25, -0.2) is 0 Å². The SMILES string of the molecule is Nc1cc(-c2ccccc2)ccc1OC(F)(F)F. The first-order valence-corrected chi connectivity index (χ1v) is 5.16. The number of rotatable bonds is 2. The predicted molar refractivity (Wildman–Crippen MR) is 63.0 cm³/mol. The minimum absolute atomic E-state index is 0.0475. The molecule has 0 atom stereocenters. The Labute approximate surface area is 102 Å². The molecule has 0 aliphatic rings. The molecule has 18 heavy (non-hydrogen) atoms. The van der Waals surface area contributed by atoms with Gasteiger partial charge >= 0.3 is 6.36 Å². The quantitative estimate of drug-likeness (QED) is 0.825. The molecule has 0 bridgehead atoms. The maximum Gasteiger partial charge on any atom is 0.573 e. The summed E-state index contributed by atoms with van der Waals surface area (Å²) in [5.41, 5.74) is 7.11. The van der Waals surface area contributed by atoms with E-state index in [0.29, 0.717) is 0 Å². The molecule has 0 spiro atoms. The van der Waals surface area contributed by atoms with Crippen LogP contribution in [0.15, 0.2) is 48.5 Å². The van der Waals surface area contributed by atoms with Crippen LogP contribution in [0, 0.1) is 0 Å². The number of alkyl halides is 3. The smallest absolute Gasteiger partial charge is 0.404 e. The number of nitrogens with two attached hydrogens (primary N) is 1. The second-order valence-corrected chi connectivity index (χ2v) is 3.67. The van der Waals surface area contributed by atoms with E-state index in [0.717, 1.165) is 11.1 Å². The molecule has 0 heterocycles. The fourth-order valence-corrected chi connectivity index (χ4v) is 1.58. The summed E-state index contributed by atoms with van der Waals surface area (Å²) < 4.78 is 40.0. The predicted octanol–water partition coefficient (Wildman–Crippen LogP) is 3.83. The highest BCUT2D eigenvalue weighted by Gasteiger charge is 2.31. The van der Waals surface area contributed by atoms with Gasteiger partial charge in [0.25, 0.3) is 0 Å². The molecule has 2 N–H and O–H groups in total. The van der Waals surface area contributed by atoms with Crippen LogP contribution >= 0.6 is 0 Å². The van der Waals surface area contributed by atoms with Gasteiger partial charge in [0.15, 0.2) is 5.75 Å². The molecule has 2 aromatic rings. The lowest BCUT2D eigenvalue weighted by Gasteiger charge is -2.12. The molecular weight excluding hydrogens is 243 g/mol. The van der Waals surface area contributed by atoms with Crippen molar-refractivity contribution in [2.45, 2.75) is 6.36 Å². The molecule has 5 heteroatoms. The van der Waals surface area contributed by atoms with E-state index in [1.165, 1.54) is 18.2 Å². The zero-order valence-electron chi connectivity index (χ0n) is 9.24. The third kappa shape index (κ3) is 2.94. The molecule has 0 saturated heterocycles. The first kappa shape index (κ1) is 12.3. The van der Waals surface area contributed by atoms with Crippen molar-refractivity contribution < 1.29 is 17.9 Å². The van der Waals surface area contributed by atoms with E-state index in [9.17, 15) is 13.2 Å². The summed E-state index contributed by atoms with van der Waals surface area (Å²) in [4.78, 5) is 0. The highest BCUT2D eigenvalue weighted by molar-refractivity contribution is 5.70. The third-order valence-corrected chi connectivity index (χ3v) is 2.34. The highest BCUT2D eigenvalue weighted by atomic mass is 19.4. The van der Waals surface area contributed by atoms with Crippen molar-refractivity contribution in [1.82, 2.24) is 0 Å². The van der Waals surface area contributed by atoms with Crippen LogP contribution in [0.1, 0.15) is 0 Å². The van der Waals surface area contributed by atoms with Gasteiger partial charge in [0.05, 0.1) is 5.69 Å². The normalized spacial score (nSPS) is 11.3. The Balaban J connectivity index is 2.31. The second-order valence-electron chi connectivity index (χ2n) is 3.67. The van der Waals surface area contributed by atoms with Crippen LogP contribution in [-0.4, -0.2) is 6.36 Å². The molecular formula is C13H10F3NO. The van der Waals surface area contributed by atoms with Crippen molar-refractivity contribution in [3.8, 4) is 16.9 Å². The molecule has 2 aromatic carbocycles. The Morgan fingerprint density at radius 2 is 1.56 bits per heavy atom. The highest BCUT2D eigenvalue weighted by Crippen LogP contribution is 2.32. The molecule has 0 fully saturated rings. The zero-order valence-corrected chi connectivity index (χ0v) is 9.24. The van der Waals surface area contributed by atoms with Crippen molar-refractivity contribution >= 4 is 5.69 Å². The second kappa shape index (κ2) is 4.60. The zero-order chi connectivity index (χ0) is 13.2. The lowest BCUT2D eigenvalue weighted by atomic mass is 10.1. The Kier molecular flexibility index (Phi) is 3.14. The molecule has 0 saturated carbocycles. The van der Waals surface area contributed by atoms with Gasteiger partial charge < -0.3 is 10.5 Å². The molecule has 0 aliphatic carbocycles. The Morgan fingerprint density at radius 1 is 0.889 bits per heavy atom. The number of ether oxygens (including phenoxy) is 1. The van der Waals surface area contributed by atoms with Gasteiger partial charge in [-0.05, 0) is 23.3 Å². The molecule has 0 amide bonds. The molecule has 2 nitrogen and oxygen atoms in total. The number of nitrogen functional groups attached to an aromatic ring is 1. The first-order valence-electron chi connectivity index (χ1n) is 5.16. The lowest BCUT2D eigenvalue weighted by Crippen LogP contribution is -2.17. The van der Waals surface area contributed by atoms with E-state index in [1.54, 1.807) is 0 Å².